The summed E-state index contributed by atoms with van der Waals surface area (Å²) >= 11 is 0. The molecule has 0 bridgehead atoms. The van der Waals surface area contributed by atoms with Gasteiger partial charge in [-0.05, 0) is 26.3 Å². The summed E-state index contributed by atoms with van der Waals surface area (Å²) in [7, 11) is 0. The highest BCUT2D eigenvalue weighted by molar-refractivity contribution is 5.01. The molecule has 16 heavy (non-hydrogen) atoms. The van der Waals surface area contributed by atoms with Gasteiger partial charge in [0, 0.05) is 6.04 Å². The number of nitrogens with one attached hydrogen (secondary N) is 1. The summed E-state index contributed by atoms with van der Waals surface area (Å²) in [6, 6.07) is 0.547. The molecule has 0 heterocycles. The molecule has 0 radical (unpaired) electrons. The lowest BCUT2D eigenvalue weighted by Crippen LogP contribution is -2.30. The molecular formula is C15H31N. The smallest absolute Gasteiger partial charge is 0.0274 e. The molecule has 0 aromatic carbocycles. The molecule has 0 saturated heterocycles. The Kier molecular flexibility index (Phi) is 11.0. The molecule has 1 nitrogen and oxygen atoms in total. The molecule has 0 aliphatic rings. The average Bonchev–Trinajstić information content (AvgIpc) is 2.26. The maximum absolute atomic E-state index is 4.07. The van der Waals surface area contributed by atoms with Gasteiger partial charge in [0.25, 0.3) is 0 Å². The van der Waals surface area contributed by atoms with Crippen LogP contribution in [0.1, 0.15) is 72.1 Å². The van der Waals surface area contributed by atoms with E-state index >= 15 is 0 Å². The maximum atomic E-state index is 4.07. The van der Waals surface area contributed by atoms with E-state index in [1.165, 1.54) is 56.9 Å². The molecule has 0 aromatic heterocycles. The first-order valence-electron chi connectivity index (χ1n) is 7.11. The van der Waals surface area contributed by atoms with Crippen LogP contribution in [-0.2, 0) is 0 Å². The Morgan fingerprint density at radius 2 is 1.62 bits per heavy atom. The predicted molar refractivity (Wildman–Crippen MR) is 74.9 cm³/mol. The Labute approximate surface area is 103 Å². The largest absolute Gasteiger partial charge is 0.310 e. The number of hydrogen-bond acceptors (Lipinski definition) is 1. The molecule has 0 spiro atoms. The molecule has 0 rings (SSSR count). The Morgan fingerprint density at radius 3 is 2.19 bits per heavy atom. The number of hydrogen-bond donors (Lipinski definition) is 1. The van der Waals surface area contributed by atoms with Crippen molar-refractivity contribution >= 4 is 0 Å². The van der Waals surface area contributed by atoms with Crippen LogP contribution in [-0.4, -0.2) is 12.6 Å². The molecule has 0 aromatic rings. The minimum Gasteiger partial charge on any atom is -0.310 e. The summed E-state index contributed by atoms with van der Waals surface area (Å²) in [5, 5.41) is 3.57. The van der Waals surface area contributed by atoms with Gasteiger partial charge in [-0.2, -0.15) is 0 Å². The first-order chi connectivity index (χ1) is 7.72. The molecule has 1 heteroatoms. The number of rotatable bonds is 11. The van der Waals surface area contributed by atoms with Gasteiger partial charge in [-0.15, -0.1) is 0 Å². The van der Waals surface area contributed by atoms with Crippen molar-refractivity contribution in [1.29, 1.82) is 0 Å². The average molecular weight is 225 g/mol. The SMILES string of the molecule is C=C(C)C(CCCCCCCC)NCCC. The van der Waals surface area contributed by atoms with Crippen LogP contribution in [0.4, 0.5) is 0 Å². The van der Waals surface area contributed by atoms with Gasteiger partial charge in [0.05, 0.1) is 0 Å². The third-order valence-electron chi connectivity index (χ3n) is 3.08. The van der Waals surface area contributed by atoms with E-state index < -0.39 is 0 Å². The van der Waals surface area contributed by atoms with E-state index in [0.717, 1.165) is 6.54 Å². The molecule has 1 N–H and O–H groups in total. The second-order valence-electron chi connectivity index (χ2n) is 4.91. The van der Waals surface area contributed by atoms with Crippen LogP contribution in [0.15, 0.2) is 12.2 Å². The topological polar surface area (TPSA) is 12.0 Å². The monoisotopic (exact) mass is 225 g/mol. The van der Waals surface area contributed by atoms with E-state index in [0.29, 0.717) is 6.04 Å². The van der Waals surface area contributed by atoms with Crippen molar-refractivity contribution in [1.82, 2.24) is 5.32 Å². The quantitative estimate of drug-likeness (QED) is 0.397. The zero-order valence-corrected chi connectivity index (χ0v) is 11.6. The van der Waals surface area contributed by atoms with E-state index in [1.807, 2.05) is 0 Å². The van der Waals surface area contributed by atoms with Gasteiger partial charge in [0.1, 0.15) is 0 Å². The lowest BCUT2D eigenvalue weighted by atomic mass is 10.0. The van der Waals surface area contributed by atoms with Crippen LogP contribution in [0.5, 0.6) is 0 Å². The standard InChI is InChI=1S/C15H31N/c1-5-7-8-9-10-11-12-15(14(3)4)16-13-6-2/h15-16H,3,5-13H2,1-2,4H3. The van der Waals surface area contributed by atoms with Crippen molar-refractivity contribution in [2.75, 3.05) is 6.54 Å². The van der Waals surface area contributed by atoms with Crippen molar-refractivity contribution in [3.63, 3.8) is 0 Å². The minimum absolute atomic E-state index is 0.547. The van der Waals surface area contributed by atoms with E-state index in [4.69, 9.17) is 0 Å². The van der Waals surface area contributed by atoms with Crippen molar-refractivity contribution < 1.29 is 0 Å². The van der Waals surface area contributed by atoms with Crippen molar-refractivity contribution in [3.05, 3.63) is 12.2 Å². The van der Waals surface area contributed by atoms with E-state index in [2.05, 4.69) is 32.7 Å². The third-order valence-corrected chi connectivity index (χ3v) is 3.08. The van der Waals surface area contributed by atoms with Gasteiger partial charge in [-0.3, -0.25) is 0 Å². The molecule has 96 valence electrons. The van der Waals surface area contributed by atoms with Gasteiger partial charge in [-0.1, -0.05) is 64.5 Å². The van der Waals surface area contributed by atoms with Crippen LogP contribution in [0.3, 0.4) is 0 Å². The van der Waals surface area contributed by atoms with E-state index in [9.17, 15) is 0 Å². The van der Waals surface area contributed by atoms with Crippen molar-refractivity contribution in [2.45, 2.75) is 78.2 Å². The Balaban J connectivity index is 3.48. The van der Waals surface area contributed by atoms with Crippen molar-refractivity contribution in [3.8, 4) is 0 Å². The minimum atomic E-state index is 0.547. The highest BCUT2D eigenvalue weighted by Crippen LogP contribution is 2.12. The first kappa shape index (κ1) is 15.7. The van der Waals surface area contributed by atoms with Crippen molar-refractivity contribution in [2.24, 2.45) is 0 Å². The maximum Gasteiger partial charge on any atom is 0.0274 e. The zero-order valence-electron chi connectivity index (χ0n) is 11.6. The summed E-state index contributed by atoms with van der Waals surface area (Å²) in [5.41, 5.74) is 1.29. The summed E-state index contributed by atoms with van der Waals surface area (Å²) in [5.74, 6) is 0. The van der Waals surface area contributed by atoms with E-state index in [1.54, 1.807) is 0 Å². The second-order valence-corrected chi connectivity index (χ2v) is 4.91. The molecule has 0 aliphatic carbocycles. The van der Waals surface area contributed by atoms with Crippen LogP contribution >= 0.6 is 0 Å². The molecular weight excluding hydrogens is 194 g/mol. The van der Waals surface area contributed by atoms with Gasteiger partial charge in [0.2, 0.25) is 0 Å². The second kappa shape index (κ2) is 11.2. The van der Waals surface area contributed by atoms with Gasteiger partial charge in [0.15, 0.2) is 0 Å². The molecule has 0 saturated carbocycles. The fourth-order valence-electron chi connectivity index (χ4n) is 1.97. The van der Waals surface area contributed by atoms with Gasteiger partial charge >= 0.3 is 0 Å². The van der Waals surface area contributed by atoms with Crippen LogP contribution in [0, 0.1) is 0 Å². The molecule has 1 atom stereocenters. The highest BCUT2D eigenvalue weighted by atomic mass is 14.9. The summed E-state index contributed by atoms with van der Waals surface area (Å²) in [4.78, 5) is 0. The number of unbranched alkanes of at least 4 members (excludes halogenated alkanes) is 5. The Hall–Kier alpha value is -0.300. The van der Waals surface area contributed by atoms with Gasteiger partial charge < -0.3 is 5.32 Å². The summed E-state index contributed by atoms with van der Waals surface area (Å²) in [6.07, 6.45) is 10.8. The fourth-order valence-corrected chi connectivity index (χ4v) is 1.97. The third kappa shape index (κ3) is 8.96. The van der Waals surface area contributed by atoms with Gasteiger partial charge in [-0.25, -0.2) is 0 Å². The van der Waals surface area contributed by atoms with Crippen LogP contribution < -0.4 is 5.32 Å². The molecule has 0 aliphatic heterocycles. The summed E-state index contributed by atoms with van der Waals surface area (Å²) in [6.45, 7) is 11.8. The highest BCUT2D eigenvalue weighted by Gasteiger charge is 2.07. The van der Waals surface area contributed by atoms with E-state index in [-0.39, 0.29) is 0 Å². The van der Waals surface area contributed by atoms with Crippen LogP contribution in [0.25, 0.3) is 0 Å². The van der Waals surface area contributed by atoms with Crippen LogP contribution in [0.2, 0.25) is 0 Å². The lowest BCUT2D eigenvalue weighted by molar-refractivity contribution is 0.494. The fraction of sp³-hybridized carbons (Fsp3) is 0.867. The molecule has 1 unspecified atom stereocenters. The molecule has 0 amide bonds. The molecule has 0 fully saturated rings. The normalized spacial score (nSPS) is 12.7. The Bertz CT molecular complexity index is 163. The zero-order chi connectivity index (χ0) is 12.2. The first-order valence-corrected chi connectivity index (χ1v) is 7.11. The summed E-state index contributed by atoms with van der Waals surface area (Å²) < 4.78 is 0. The lowest BCUT2D eigenvalue weighted by Gasteiger charge is -2.18. The Morgan fingerprint density at radius 1 is 1.00 bits per heavy atom. The predicted octanol–water partition coefficient (Wildman–Crippen LogP) is 4.68.